The Bertz CT molecular complexity index is 286. The largest absolute Gasteiger partial charge is 0.481 e. The maximum absolute atomic E-state index is 11.2. The minimum absolute atomic E-state index is 0.0982. The van der Waals surface area contributed by atoms with Crippen LogP contribution in [0.25, 0.3) is 0 Å². The Hall–Kier alpha value is -1.06. The molecule has 0 radical (unpaired) electrons. The van der Waals surface area contributed by atoms with Crippen LogP contribution in [0, 0.1) is 17.3 Å². The fourth-order valence-corrected chi connectivity index (χ4v) is 3.27. The molecule has 4 heteroatoms. The van der Waals surface area contributed by atoms with Crippen molar-refractivity contribution in [1.29, 1.82) is 0 Å². The van der Waals surface area contributed by atoms with E-state index in [4.69, 9.17) is 5.11 Å². The van der Waals surface area contributed by atoms with Crippen molar-refractivity contribution in [2.45, 2.75) is 32.1 Å². The van der Waals surface area contributed by atoms with Gasteiger partial charge in [0.2, 0.25) is 0 Å². The van der Waals surface area contributed by atoms with Crippen molar-refractivity contribution in [3.8, 4) is 0 Å². The number of hydrogen-bond donors (Lipinski definition) is 2. The van der Waals surface area contributed by atoms with Gasteiger partial charge in [-0.05, 0) is 31.1 Å². The van der Waals surface area contributed by atoms with Gasteiger partial charge in [0.25, 0.3) is 0 Å². The molecule has 0 unspecified atom stereocenters. The average Bonchev–Trinajstić information content (AvgIpc) is 2.61. The maximum atomic E-state index is 11.2. The molecule has 2 aliphatic rings. The smallest absolute Gasteiger partial charge is 0.310 e. The third kappa shape index (κ3) is 1.21. The van der Waals surface area contributed by atoms with Crippen LogP contribution >= 0.6 is 0 Å². The molecule has 2 N–H and O–H groups in total. The maximum Gasteiger partial charge on any atom is 0.310 e. The lowest BCUT2D eigenvalue weighted by Gasteiger charge is -2.31. The summed E-state index contributed by atoms with van der Waals surface area (Å²) in [5, 5.41) is 17.9. The highest BCUT2D eigenvalue weighted by atomic mass is 16.4. The van der Waals surface area contributed by atoms with E-state index in [9.17, 15) is 14.7 Å². The summed E-state index contributed by atoms with van der Waals surface area (Å²) in [5.74, 6) is -1.34. The summed E-state index contributed by atoms with van der Waals surface area (Å²) in [7, 11) is 0. The predicted octanol–water partition coefficient (Wildman–Crippen LogP) is 1.35. The van der Waals surface area contributed by atoms with Crippen LogP contribution in [0.4, 0.5) is 0 Å². The number of fused-ring (bicyclic) bond motifs is 2. The quantitative estimate of drug-likeness (QED) is 0.717. The third-order valence-corrected chi connectivity index (χ3v) is 3.87. The van der Waals surface area contributed by atoms with Crippen LogP contribution in [0.5, 0.6) is 0 Å². The second kappa shape index (κ2) is 2.97. The summed E-state index contributed by atoms with van der Waals surface area (Å²) >= 11 is 0. The predicted molar refractivity (Wildman–Crippen MR) is 47.8 cm³/mol. The Morgan fingerprint density at radius 2 is 2.00 bits per heavy atom. The van der Waals surface area contributed by atoms with Gasteiger partial charge in [0.1, 0.15) is 0 Å². The number of carbonyl (C=O) groups is 2. The number of hydrogen-bond acceptors (Lipinski definition) is 2. The zero-order valence-corrected chi connectivity index (χ0v) is 7.90. The Kier molecular flexibility index (Phi) is 2.01. The molecule has 0 saturated heterocycles. The fraction of sp³-hybridized carbons (Fsp3) is 0.800. The van der Waals surface area contributed by atoms with Gasteiger partial charge in [-0.2, -0.15) is 0 Å². The van der Waals surface area contributed by atoms with E-state index in [2.05, 4.69) is 0 Å². The van der Waals surface area contributed by atoms with E-state index in [1.54, 1.807) is 0 Å². The second-order valence-electron chi connectivity index (χ2n) is 4.61. The first-order chi connectivity index (χ1) is 6.54. The van der Waals surface area contributed by atoms with Crippen molar-refractivity contribution in [2.24, 2.45) is 17.3 Å². The summed E-state index contributed by atoms with van der Waals surface area (Å²) in [6, 6.07) is 0. The molecule has 0 aliphatic heterocycles. The number of carboxylic acid groups (broad SMARTS) is 2. The highest BCUT2D eigenvalue weighted by molar-refractivity contribution is 5.82. The highest BCUT2D eigenvalue weighted by Gasteiger charge is 2.56. The molecule has 0 heterocycles. The molecule has 2 aliphatic carbocycles. The summed E-state index contributed by atoms with van der Waals surface area (Å²) in [5.41, 5.74) is -0.950. The van der Waals surface area contributed by atoms with Crippen LogP contribution in [0.3, 0.4) is 0 Å². The number of carboxylic acids is 2. The van der Waals surface area contributed by atoms with Gasteiger partial charge in [-0.25, -0.2) is 0 Å². The molecule has 0 aromatic rings. The fourth-order valence-electron chi connectivity index (χ4n) is 3.27. The molecule has 2 saturated carbocycles. The Morgan fingerprint density at radius 3 is 2.36 bits per heavy atom. The van der Waals surface area contributed by atoms with Crippen LogP contribution in [-0.4, -0.2) is 22.2 Å². The molecule has 0 spiro atoms. The lowest BCUT2D eigenvalue weighted by Crippen LogP contribution is -2.38. The van der Waals surface area contributed by atoms with Crippen LogP contribution in [-0.2, 0) is 9.59 Å². The van der Waals surface area contributed by atoms with E-state index in [-0.39, 0.29) is 12.3 Å². The molecule has 2 fully saturated rings. The van der Waals surface area contributed by atoms with E-state index in [0.29, 0.717) is 12.3 Å². The molecule has 0 amide bonds. The molecule has 3 atom stereocenters. The molecule has 0 aromatic carbocycles. The van der Waals surface area contributed by atoms with Crippen molar-refractivity contribution >= 4 is 11.9 Å². The zero-order chi connectivity index (χ0) is 10.3. The SMILES string of the molecule is O=C(O)C[C@@]1(C(=O)O)C[C@H]2CC[C@@H]1C2. The summed E-state index contributed by atoms with van der Waals surface area (Å²) in [6.07, 6.45) is 3.26. The molecule has 78 valence electrons. The lowest BCUT2D eigenvalue weighted by atomic mass is 9.71. The van der Waals surface area contributed by atoms with E-state index < -0.39 is 17.4 Å². The van der Waals surface area contributed by atoms with Crippen LogP contribution in [0.15, 0.2) is 0 Å². The van der Waals surface area contributed by atoms with Gasteiger partial charge in [0, 0.05) is 0 Å². The molecule has 2 rings (SSSR count). The molecule has 0 aromatic heterocycles. The zero-order valence-electron chi connectivity index (χ0n) is 7.90. The van der Waals surface area contributed by atoms with E-state index in [1.165, 1.54) is 0 Å². The third-order valence-electron chi connectivity index (χ3n) is 3.87. The number of aliphatic carboxylic acids is 2. The van der Waals surface area contributed by atoms with Gasteiger partial charge in [-0.15, -0.1) is 0 Å². The van der Waals surface area contributed by atoms with Gasteiger partial charge in [0.05, 0.1) is 11.8 Å². The Morgan fingerprint density at radius 1 is 1.29 bits per heavy atom. The van der Waals surface area contributed by atoms with Crippen LogP contribution < -0.4 is 0 Å². The van der Waals surface area contributed by atoms with Crippen molar-refractivity contribution in [1.82, 2.24) is 0 Å². The van der Waals surface area contributed by atoms with E-state index >= 15 is 0 Å². The monoisotopic (exact) mass is 198 g/mol. The van der Waals surface area contributed by atoms with Crippen molar-refractivity contribution in [3.05, 3.63) is 0 Å². The number of rotatable bonds is 3. The minimum Gasteiger partial charge on any atom is -0.481 e. The summed E-state index contributed by atoms with van der Waals surface area (Å²) in [6.45, 7) is 0. The average molecular weight is 198 g/mol. The van der Waals surface area contributed by atoms with Gasteiger partial charge < -0.3 is 10.2 Å². The van der Waals surface area contributed by atoms with Crippen molar-refractivity contribution in [2.75, 3.05) is 0 Å². The second-order valence-corrected chi connectivity index (χ2v) is 4.61. The van der Waals surface area contributed by atoms with Gasteiger partial charge >= 0.3 is 11.9 Å². The molecule has 2 bridgehead atoms. The topological polar surface area (TPSA) is 74.6 Å². The standard InChI is InChI=1S/C10H14O4/c11-8(12)5-10(9(13)14)4-6-1-2-7(10)3-6/h6-7H,1-5H2,(H,11,12)(H,13,14)/t6-,7+,10-/m0/s1. The van der Waals surface area contributed by atoms with Crippen molar-refractivity contribution < 1.29 is 19.8 Å². The van der Waals surface area contributed by atoms with Gasteiger partial charge in [-0.3, -0.25) is 9.59 Å². The lowest BCUT2D eigenvalue weighted by molar-refractivity contribution is -0.159. The van der Waals surface area contributed by atoms with Gasteiger partial charge in [-0.1, -0.05) is 6.42 Å². The molecular formula is C10H14O4. The van der Waals surface area contributed by atoms with E-state index in [1.807, 2.05) is 0 Å². The first kappa shape index (κ1) is 9.49. The highest BCUT2D eigenvalue weighted by Crippen LogP contribution is 2.57. The first-order valence-electron chi connectivity index (χ1n) is 5.00. The first-order valence-corrected chi connectivity index (χ1v) is 5.00. The van der Waals surface area contributed by atoms with Crippen molar-refractivity contribution in [3.63, 3.8) is 0 Å². The molecule has 4 nitrogen and oxygen atoms in total. The Balaban J connectivity index is 2.24. The van der Waals surface area contributed by atoms with E-state index in [0.717, 1.165) is 19.3 Å². The summed E-state index contributed by atoms with van der Waals surface area (Å²) in [4.78, 5) is 21.9. The van der Waals surface area contributed by atoms with Gasteiger partial charge in [0.15, 0.2) is 0 Å². The minimum atomic E-state index is -0.986. The Labute approximate surface area is 81.9 Å². The molecule has 14 heavy (non-hydrogen) atoms. The van der Waals surface area contributed by atoms with Crippen LogP contribution in [0.2, 0.25) is 0 Å². The molecular weight excluding hydrogens is 184 g/mol. The normalized spacial score (nSPS) is 40.0. The summed E-state index contributed by atoms with van der Waals surface area (Å²) < 4.78 is 0. The van der Waals surface area contributed by atoms with Crippen LogP contribution in [0.1, 0.15) is 32.1 Å².